The Morgan fingerprint density at radius 1 is 1.20 bits per heavy atom. The predicted molar refractivity (Wildman–Crippen MR) is 86.2 cm³/mol. The summed E-state index contributed by atoms with van der Waals surface area (Å²) in [6.07, 6.45) is 5.89. The van der Waals surface area contributed by atoms with Gasteiger partial charge in [-0.05, 0) is 50.9 Å². The van der Waals surface area contributed by atoms with Gasteiger partial charge < -0.3 is 9.88 Å². The highest BCUT2D eigenvalue weighted by atomic mass is 15.2. The Morgan fingerprint density at radius 2 is 1.75 bits per heavy atom. The summed E-state index contributed by atoms with van der Waals surface area (Å²) in [5.41, 5.74) is 1.91. The molecular formula is C17H31N3. The van der Waals surface area contributed by atoms with Crippen LogP contribution in [0.1, 0.15) is 72.5 Å². The van der Waals surface area contributed by atoms with Gasteiger partial charge in [0.05, 0.1) is 5.69 Å². The van der Waals surface area contributed by atoms with Crippen molar-refractivity contribution in [2.75, 3.05) is 5.32 Å². The number of aryl methyl sites for hydroxylation is 1. The van der Waals surface area contributed by atoms with Gasteiger partial charge in [0.25, 0.3) is 0 Å². The summed E-state index contributed by atoms with van der Waals surface area (Å²) >= 11 is 0. The van der Waals surface area contributed by atoms with E-state index in [-0.39, 0.29) is 0 Å². The molecule has 1 aliphatic carbocycles. The third kappa shape index (κ3) is 3.56. The van der Waals surface area contributed by atoms with Gasteiger partial charge in [-0.3, -0.25) is 0 Å². The molecule has 20 heavy (non-hydrogen) atoms. The van der Waals surface area contributed by atoms with Crippen LogP contribution in [0.2, 0.25) is 0 Å². The molecule has 0 atom stereocenters. The molecule has 3 heteroatoms. The summed E-state index contributed by atoms with van der Waals surface area (Å²) < 4.78 is 2.25. The van der Waals surface area contributed by atoms with Crippen LogP contribution < -0.4 is 5.32 Å². The quantitative estimate of drug-likeness (QED) is 0.861. The molecule has 0 amide bonds. The van der Waals surface area contributed by atoms with Crippen LogP contribution in [0.4, 0.5) is 5.95 Å². The minimum atomic E-state index is 0.406. The zero-order chi connectivity index (χ0) is 15.1. The van der Waals surface area contributed by atoms with E-state index >= 15 is 0 Å². The molecule has 1 aromatic rings. The zero-order valence-electron chi connectivity index (χ0n) is 14.2. The number of imidazole rings is 1. The SMILES string of the molecule is Cc1cn(C(C)C)c(NC2CC(C)(C)CC(C)(C)C2)n1. The molecule has 0 bridgehead atoms. The van der Waals surface area contributed by atoms with E-state index in [9.17, 15) is 0 Å². The van der Waals surface area contributed by atoms with Gasteiger partial charge in [0.2, 0.25) is 5.95 Å². The second kappa shape index (κ2) is 5.09. The van der Waals surface area contributed by atoms with Crippen LogP contribution in [0.5, 0.6) is 0 Å². The number of rotatable bonds is 3. The summed E-state index contributed by atoms with van der Waals surface area (Å²) in [6, 6.07) is 0.969. The molecular weight excluding hydrogens is 246 g/mol. The molecule has 0 unspecified atom stereocenters. The molecule has 1 saturated carbocycles. The van der Waals surface area contributed by atoms with E-state index < -0.39 is 0 Å². The van der Waals surface area contributed by atoms with E-state index in [1.54, 1.807) is 0 Å². The van der Waals surface area contributed by atoms with Crippen molar-refractivity contribution < 1.29 is 0 Å². The number of hydrogen-bond acceptors (Lipinski definition) is 2. The fraction of sp³-hybridized carbons (Fsp3) is 0.824. The van der Waals surface area contributed by atoms with Crippen molar-refractivity contribution in [1.82, 2.24) is 9.55 Å². The van der Waals surface area contributed by atoms with Crippen LogP contribution >= 0.6 is 0 Å². The molecule has 1 aliphatic rings. The van der Waals surface area contributed by atoms with Crippen molar-refractivity contribution >= 4 is 5.95 Å². The molecule has 114 valence electrons. The average molecular weight is 277 g/mol. The van der Waals surface area contributed by atoms with E-state index in [2.05, 4.69) is 69.5 Å². The normalized spacial score (nSPS) is 22.2. The summed E-state index contributed by atoms with van der Waals surface area (Å²) in [6.45, 7) is 16.1. The molecule has 3 nitrogen and oxygen atoms in total. The molecule has 1 fully saturated rings. The van der Waals surface area contributed by atoms with Gasteiger partial charge in [-0.15, -0.1) is 0 Å². The Hall–Kier alpha value is -0.990. The minimum Gasteiger partial charge on any atom is -0.353 e. The Labute approximate surface area is 124 Å². The van der Waals surface area contributed by atoms with Crippen LogP contribution in [0.3, 0.4) is 0 Å². The molecule has 0 aliphatic heterocycles. The highest BCUT2D eigenvalue weighted by Crippen LogP contribution is 2.46. The summed E-state index contributed by atoms with van der Waals surface area (Å²) in [4.78, 5) is 4.67. The van der Waals surface area contributed by atoms with Gasteiger partial charge in [0.15, 0.2) is 0 Å². The average Bonchev–Trinajstić information content (AvgIpc) is 2.54. The first-order chi connectivity index (χ1) is 9.08. The van der Waals surface area contributed by atoms with E-state index in [4.69, 9.17) is 0 Å². The van der Waals surface area contributed by atoms with Gasteiger partial charge in [0, 0.05) is 18.3 Å². The second-order valence-corrected chi connectivity index (χ2v) is 8.46. The summed E-state index contributed by atoms with van der Waals surface area (Å²) in [5, 5.41) is 3.71. The lowest BCUT2D eigenvalue weighted by Crippen LogP contribution is -2.40. The van der Waals surface area contributed by atoms with Crippen LogP contribution in [-0.4, -0.2) is 15.6 Å². The number of nitrogens with one attached hydrogen (secondary N) is 1. The second-order valence-electron chi connectivity index (χ2n) is 8.46. The highest BCUT2D eigenvalue weighted by molar-refractivity contribution is 5.31. The fourth-order valence-corrected chi connectivity index (χ4v) is 4.15. The zero-order valence-corrected chi connectivity index (χ0v) is 14.2. The number of aromatic nitrogens is 2. The van der Waals surface area contributed by atoms with Crippen LogP contribution in [0, 0.1) is 17.8 Å². The van der Waals surface area contributed by atoms with Crippen LogP contribution in [-0.2, 0) is 0 Å². The van der Waals surface area contributed by atoms with E-state index in [1.807, 2.05) is 0 Å². The van der Waals surface area contributed by atoms with Crippen molar-refractivity contribution in [3.05, 3.63) is 11.9 Å². The van der Waals surface area contributed by atoms with Crippen LogP contribution in [0.25, 0.3) is 0 Å². The monoisotopic (exact) mass is 277 g/mol. The molecule has 0 spiro atoms. The predicted octanol–water partition coefficient (Wildman–Crippen LogP) is 4.79. The van der Waals surface area contributed by atoms with Gasteiger partial charge in [-0.2, -0.15) is 0 Å². The number of hydrogen-bond donors (Lipinski definition) is 1. The topological polar surface area (TPSA) is 29.9 Å². The molecule has 1 N–H and O–H groups in total. The van der Waals surface area contributed by atoms with Gasteiger partial charge in [-0.25, -0.2) is 4.98 Å². The fourth-order valence-electron chi connectivity index (χ4n) is 4.15. The first-order valence-corrected chi connectivity index (χ1v) is 7.90. The standard InChI is InChI=1S/C17H31N3/c1-12(2)20-10-13(3)18-15(20)19-14-8-16(4,5)11-17(6,7)9-14/h10,12,14H,8-9,11H2,1-7H3,(H,18,19). The van der Waals surface area contributed by atoms with Gasteiger partial charge >= 0.3 is 0 Å². The van der Waals surface area contributed by atoms with Gasteiger partial charge in [-0.1, -0.05) is 27.7 Å². The molecule has 0 saturated heterocycles. The smallest absolute Gasteiger partial charge is 0.203 e. The minimum absolute atomic E-state index is 0.406. The van der Waals surface area contributed by atoms with Crippen molar-refractivity contribution in [2.45, 2.75) is 79.8 Å². The lowest BCUT2D eigenvalue weighted by atomic mass is 9.63. The maximum absolute atomic E-state index is 4.67. The third-order valence-corrected chi connectivity index (χ3v) is 4.30. The van der Waals surface area contributed by atoms with E-state index in [0.29, 0.717) is 22.9 Å². The maximum atomic E-state index is 4.67. The van der Waals surface area contributed by atoms with E-state index in [0.717, 1.165) is 11.6 Å². The van der Waals surface area contributed by atoms with Crippen molar-refractivity contribution in [3.63, 3.8) is 0 Å². The molecule has 2 rings (SSSR count). The Morgan fingerprint density at radius 3 is 2.25 bits per heavy atom. The number of anilines is 1. The molecule has 0 aromatic carbocycles. The highest BCUT2D eigenvalue weighted by Gasteiger charge is 2.38. The maximum Gasteiger partial charge on any atom is 0.203 e. The summed E-state index contributed by atoms with van der Waals surface area (Å²) in [7, 11) is 0. The lowest BCUT2D eigenvalue weighted by molar-refractivity contribution is 0.105. The Balaban J connectivity index is 2.17. The van der Waals surface area contributed by atoms with Crippen molar-refractivity contribution in [1.29, 1.82) is 0 Å². The molecule has 0 radical (unpaired) electrons. The summed E-state index contributed by atoms with van der Waals surface area (Å²) in [5.74, 6) is 1.04. The first-order valence-electron chi connectivity index (χ1n) is 7.90. The van der Waals surface area contributed by atoms with Crippen molar-refractivity contribution in [3.8, 4) is 0 Å². The third-order valence-electron chi connectivity index (χ3n) is 4.30. The van der Waals surface area contributed by atoms with Crippen LogP contribution in [0.15, 0.2) is 6.20 Å². The largest absolute Gasteiger partial charge is 0.353 e. The van der Waals surface area contributed by atoms with Crippen molar-refractivity contribution in [2.24, 2.45) is 10.8 Å². The number of nitrogens with zero attached hydrogens (tertiary/aromatic N) is 2. The molecule has 1 aromatic heterocycles. The van der Waals surface area contributed by atoms with E-state index in [1.165, 1.54) is 19.3 Å². The first kappa shape index (κ1) is 15.4. The molecule has 1 heterocycles. The Kier molecular flexibility index (Phi) is 3.92. The Bertz CT molecular complexity index is 453. The van der Waals surface area contributed by atoms with Gasteiger partial charge in [0.1, 0.15) is 0 Å². The lowest BCUT2D eigenvalue weighted by Gasteiger charge is -2.45.